The number of benzene rings is 2. The minimum atomic E-state index is -0.632. The molecule has 126 valence electrons. The zero-order valence-corrected chi connectivity index (χ0v) is 14.2. The van der Waals surface area contributed by atoms with Gasteiger partial charge in [0.2, 0.25) is 0 Å². The molecule has 2 rings (SSSR count). The van der Waals surface area contributed by atoms with Gasteiger partial charge in [-0.1, -0.05) is 37.6 Å². The molecule has 0 bridgehead atoms. The highest BCUT2D eigenvalue weighted by atomic mass is 16.5. The van der Waals surface area contributed by atoms with Crippen LogP contribution in [0.3, 0.4) is 0 Å². The zero-order valence-electron chi connectivity index (χ0n) is 14.2. The molecule has 0 saturated heterocycles. The average Bonchev–Trinajstić information content (AvgIpc) is 2.57. The van der Waals surface area contributed by atoms with Crippen molar-refractivity contribution in [3.63, 3.8) is 0 Å². The third-order valence-electron chi connectivity index (χ3n) is 3.74. The molecule has 2 aromatic carbocycles. The molecule has 1 atom stereocenters. The van der Waals surface area contributed by atoms with Crippen molar-refractivity contribution >= 4 is 10.8 Å². The Kier molecular flexibility index (Phi) is 6.68. The van der Waals surface area contributed by atoms with E-state index in [9.17, 15) is 5.11 Å². The fourth-order valence-electron chi connectivity index (χ4n) is 2.50. The standard InChI is InChI=1S/C19H26O4/c1-4-5-10-22-12-15(20)13-23-19-14(2)11-18(21-3)16-8-6-7-9-17(16)19/h6-9,11,15,20H,4-5,10,12-13H2,1-3H3. The Hall–Kier alpha value is -1.78. The normalized spacial score (nSPS) is 12.3. The van der Waals surface area contributed by atoms with E-state index in [1.165, 1.54) is 0 Å². The van der Waals surface area contributed by atoms with Crippen LogP contribution in [0, 0.1) is 6.92 Å². The molecule has 0 aliphatic rings. The number of hydrogen-bond acceptors (Lipinski definition) is 4. The first kappa shape index (κ1) is 17.6. The van der Waals surface area contributed by atoms with Gasteiger partial charge in [-0.15, -0.1) is 0 Å². The van der Waals surface area contributed by atoms with Gasteiger partial charge in [-0.3, -0.25) is 0 Å². The molecule has 1 N–H and O–H groups in total. The number of fused-ring (bicyclic) bond motifs is 1. The number of rotatable bonds is 9. The lowest BCUT2D eigenvalue weighted by molar-refractivity contribution is 0.0115. The Labute approximate surface area is 138 Å². The number of aryl methyl sites for hydroxylation is 1. The summed E-state index contributed by atoms with van der Waals surface area (Å²) in [5.41, 5.74) is 0.986. The highest BCUT2D eigenvalue weighted by Crippen LogP contribution is 2.36. The van der Waals surface area contributed by atoms with Crippen LogP contribution in [-0.4, -0.2) is 38.1 Å². The largest absolute Gasteiger partial charge is 0.496 e. The second kappa shape index (κ2) is 8.75. The Balaban J connectivity index is 2.07. The molecule has 0 saturated carbocycles. The molecule has 0 aromatic heterocycles. The third-order valence-corrected chi connectivity index (χ3v) is 3.74. The molecule has 23 heavy (non-hydrogen) atoms. The summed E-state index contributed by atoms with van der Waals surface area (Å²) in [6, 6.07) is 9.91. The summed E-state index contributed by atoms with van der Waals surface area (Å²) in [6.45, 7) is 5.28. The number of unbranched alkanes of at least 4 members (excludes halogenated alkanes) is 1. The molecule has 1 unspecified atom stereocenters. The molecule has 0 aliphatic carbocycles. The van der Waals surface area contributed by atoms with Gasteiger partial charge in [0.05, 0.1) is 13.7 Å². The molecule has 0 aliphatic heterocycles. The highest BCUT2D eigenvalue weighted by molar-refractivity contribution is 5.94. The van der Waals surface area contributed by atoms with Gasteiger partial charge >= 0.3 is 0 Å². The molecule has 4 nitrogen and oxygen atoms in total. The Morgan fingerprint density at radius 2 is 1.87 bits per heavy atom. The van der Waals surface area contributed by atoms with Gasteiger partial charge < -0.3 is 19.3 Å². The zero-order chi connectivity index (χ0) is 16.7. The first-order chi connectivity index (χ1) is 11.2. The van der Waals surface area contributed by atoms with Crippen molar-refractivity contribution in [2.45, 2.75) is 32.8 Å². The summed E-state index contributed by atoms with van der Waals surface area (Å²) in [6.07, 6.45) is 1.46. The quantitative estimate of drug-likeness (QED) is 0.716. The SMILES string of the molecule is CCCCOCC(O)COc1c(C)cc(OC)c2ccccc12. The Bertz CT molecular complexity index is 624. The molecule has 0 fully saturated rings. The van der Waals surface area contributed by atoms with Crippen molar-refractivity contribution in [1.29, 1.82) is 0 Å². The summed E-state index contributed by atoms with van der Waals surface area (Å²) >= 11 is 0. The number of methoxy groups -OCH3 is 1. The fraction of sp³-hybridized carbons (Fsp3) is 0.474. The van der Waals surface area contributed by atoms with Crippen LogP contribution in [0.25, 0.3) is 10.8 Å². The summed E-state index contributed by atoms with van der Waals surface area (Å²) in [4.78, 5) is 0. The number of ether oxygens (including phenoxy) is 3. The smallest absolute Gasteiger partial charge is 0.130 e. The molecule has 0 radical (unpaired) electrons. The first-order valence-electron chi connectivity index (χ1n) is 8.12. The Morgan fingerprint density at radius 1 is 1.13 bits per heavy atom. The fourth-order valence-corrected chi connectivity index (χ4v) is 2.50. The maximum absolute atomic E-state index is 10.00. The van der Waals surface area contributed by atoms with Crippen molar-refractivity contribution in [3.8, 4) is 11.5 Å². The predicted octanol–water partition coefficient (Wildman–Crippen LogP) is 3.71. The molecule has 0 heterocycles. The van der Waals surface area contributed by atoms with Crippen LogP contribution in [0.2, 0.25) is 0 Å². The topological polar surface area (TPSA) is 47.9 Å². The second-order valence-electron chi connectivity index (χ2n) is 5.66. The minimum absolute atomic E-state index is 0.212. The van der Waals surface area contributed by atoms with E-state index < -0.39 is 6.10 Å². The van der Waals surface area contributed by atoms with E-state index in [0.29, 0.717) is 13.2 Å². The lowest BCUT2D eigenvalue weighted by Crippen LogP contribution is -2.24. The van der Waals surface area contributed by atoms with Gasteiger partial charge in [0.1, 0.15) is 24.2 Å². The second-order valence-corrected chi connectivity index (χ2v) is 5.66. The maximum atomic E-state index is 10.00. The van der Waals surface area contributed by atoms with Crippen LogP contribution in [0.15, 0.2) is 30.3 Å². The van der Waals surface area contributed by atoms with Gasteiger partial charge in [0.25, 0.3) is 0 Å². The minimum Gasteiger partial charge on any atom is -0.496 e. The predicted molar refractivity (Wildman–Crippen MR) is 92.5 cm³/mol. The van der Waals surface area contributed by atoms with Gasteiger partial charge in [-0.25, -0.2) is 0 Å². The lowest BCUT2D eigenvalue weighted by atomic mass is 10.0. The maximum Gasteiger partial charge on any atom is 0.130 e. The van der Waals surface area contributed by atoms with Crippen molar-refractivity contribution < 1.29 is 19.3 Å². The summed E-state index contributed by atoms with van der Waals surface area (Å²) in [7, 11) is 1.67. The van der Waals surface area contributed by atoms with Crippen molar-refractivity contribution in [1.82, 2.24) is 0 Å². The van der Waals surface area contributed by atoms with E-state index in [1.54, 1.807) is 7.11 Å². The molecule has 0 amide bonds. The average molecular weight is 318 g/mol. The third kappa shape index (κ3) is 4.60. The summed E-state index contributed by atoms with van der Waals surface area (Å²) < 4.78 is 16.8. The van der Waals surface area contributed by atoms with Crippen LogP contribution in [0.1, 0.15) is 25.3 Å². The van der Waals surface area contributed by atoms with Crippen molar-refractivity contribution in [2.24, 2.45) is 0 Å². The van der Waals surface area contributed by atoms with E-state index in [-0.39, 0.29) is 6.61 Å². The van der Waals surface area contributed by atoms with Gasteiger partial charge in [0.15, 0.2) is 0 Å². The van der Waals surface area contributed by atoms with E-state index >= 15 is 0 Å². The van der Waals surface area contributed by atoms with Crippen LogP contribution in [-0.2, 0) is 4.74 Å². The van der Waals surface area contributed by atoms with Gasteiger partial charge in [-0.05, 0) is 25.0 Å². The number of aliphatic hydroxyl groups excluding tert-OH is 1. The lowest BCUT2D eigenvalue weighted by Gasteiger charge is -2.17. The molecule has 4 heteroatoms. The molecular formula is C19H26O4. The van der Waals surface area contributed by atoms with Crippen LogP contribution in [0.5, 0.6) is 11.5 Å². The summed E-state index contributed by atoms with van der Waals surface area (Å²) in [5, 5.41) is 12.0. The molecular weight excluding hydrogens is 292 g/mol. The van der Waals surface area contributed by atoms with E-state index in [4.69, 9.17) is 14.2 Å². The monoisotopic (exact) mass is 318 g/mol. The number of hydrogen-bond donors (Lipinski definition) is 1. The van der Waals surface area contributed by atoms with Crippen LogP contribution < -0.4 is 9.47 Å². The molecule has 2 aromatic rings. The highest BCUT2D eigenvalue weighted by Gasteiger charge is 2.13. The van der Waals surface area contributed by atoms with Crippen LogP contribution >= 0.6 is 0 Å². The van der Waals surface area contributed by atoms with E-state index in [1.807, 2.05) is 37.3 Å². The van der Waals surface area contributed by atoms with E-state index in [0.717, 1.165) is 40.7 Å². The van der Waals surface area contributed by atoms with Gasteiger partial charge in [0, 0.05) is 17.4 Å². The first-order valence-corrected chi connectivity index (χ1v) is 8.12. The molecule has 0 spiro atoms. The van der Waals surface area contributed by atoms with Crippen molar-refractivity contribution in [3.05, 3.63) is 35.9 Å². The summed E-state index contributed by atoms with van der Waals surface area (Å²) in [5.74, 6) is 1.61. The van der Waals surface area contributed by atoms with Crippen LogP contribution in [0.4, 0.5) is 0 Å². The Morgan fingerprint density at radius 3 is 2.57 bits per heavy atom. The van der Waals surface area contributed by atoms with Crippen molar-refractivity contribution in [2.75, 3.05) is 26.9 Å². The van der Waals surface area contributed by atoms with E-state index in [2.05, 4.69) is 6.92 Å². The van der Waals surface area contributed by atoms with Gasteiger partial charge in [-0.2, -0.15) is 0 Å². The number of aliphatic hydroxyl groups is 1.